The fraction of sp³-hybridized carbons (Fsp3) is 0.444. The minimum atomic E-state index is 0.469. The predicted octanol–water partition coefficient (Wildman–Crippen LogP) is 2.42. The van der Waals surface area contributed by atoms with Crippen LogP contribution in [0.4, 0.5) is 0 Å². The van der Waals surface area contributed by atoms with Gasteiger partial charge < -0.3 is 12.6 Å². The van der Waals surface area contributed by atoms with Crippen molar-refractivity contribution in [2.75, 3.05) is 0 Å². The minimum absolute atomic E-state index is 0.469. The van der Waals surface area contributed by atoms with Crippen LogP contribution < -0.4 is 0 Å². The maximum atomic E-state index is 5.00. The largest absolute Gasteiger partial charge is 0.760 e. The number of hydrogen-bond acceptors (Lipinski definition) is 2. The van der Waals surface area contributed by atoms with Crippen LogP contribution in [-0.2, 0) is 12.6 Å². The van der Waals surface area contributed by atoms with E-state index in [0.717, 1.165) is 5.69 Å². The van der Waals surface area contributed by atoms with E-state index in [-0.39, 0.29) is 0 Å². The van der Waals surface area contributed by atoms with Crippen LogP contribution in [0.15, 0.2) is 17.2 Å². The Kier molecular flexibility index (Phi) is 2.45. The van der Waals surface area contributed by atoms with Crippen molar-refractivity contribution in [2.24, 2.45) is 0 Å². The van der Waals surface area contributed by atoms with Gasteiger partial charge in [-0.3, -0.25) is 4.98 Å². The molecule has 0 amide bonds. The van der Waals surface area contributed by atoms with E-state index in [1.54, 1.807) is 0 Å². The summed E-state index contributed by atoms with van der Waals surface area (Å²) in [6.07, 6.45) is 0. The van der Waals surface area contributed by atoms with Gasteiger partial charge in [0.25, 0.3) is 0 Å². The third-order valence-corrected chi connectivity index (χ3v) is 1.77. The summed E-state index contributed by atoms with van der Waals surface area (Å²) in [6, 6.07) is 4.00. The number of rotatable bonds is 1. The van der Waals surface area contributed by atoms with Crippen LogP contribution in [0.5, 0.6) is 0 Å². The zero-order valence-electron chi connectivity index (χ0n) is 7.09. The van der Waals surface area contributed by atoms with E-state index < -0.39 is 0 Å². The van der Waals surface area contributed by atoms with Crippen LogP contribution in [0.2, 0.25) is 0 Å². The lowest BCUT2D eigenvalue weighted by molar-refractivity contribution is 0.801. The van der Waals surface area contributed by atoms with Crippen LogP contribution >= 0.6 is 0 Å². The summed E-state index contributed by atoms with van der Waals surface area (Å²) in [5, 5.41) is 0.703. The predicted molar refractivity (Wildman–Crippen MR) is 48.7 cm³/mol. The molecule has 11 heavy (non-hydrogen) atoms. The van der Waals surface area contributed by atoms with Gasteiger partial charge >= 0.3 is 0 Å². The van der Waals surface area contributed by atoms with Crippen molar-refractivity contribution in [1.82, 2.24) is 4.98 Å². The standard InChI is InChI=1S/C9H13NS/c1-6(2)8-4-7(3)5-9(11)10-8/h4-6H,1-3H3,(H,10,11)/p-1. The molecule has 0 atom stereocenters. The molecular weight excluding hydrogens is 154 g/mol. The van der Waals surface area contributed by atoms with Gasteiger partial charge in [-0.2, -0.15) is 0 Å². The van der Waals surface area contributed by atoms with Crippen molar-refractivity contribution >= 4 is 12.6 Å². The molecule has 0 aromatic carbocycles. The second-order valence-corrected chi connectivity index (χ2v) is 3.48. The first-order valence-corrected chi connectivity index (χ1v) is 4.16. The van der Waals surface area contributed by atoms with E-state index in [0.29, 0.717) is 10.9 Å². The third kappa shape index (κ3) is 2.15. The Morgan fingerprint density at radius 1 is 1.36 bits per heavy atom. The lowest BCUT2D eigenvalue weighted by atomic mass is 10.1. The van der Waals surface area contributed by atoms with Crippen LogP contribution in [0.1, 0.15) is 31.0 Å². The van der Waals surface area contributed by atoms with Gasteiger partial charge in [-0.15, -0.1) is 0 Å². The summed E-state index contributed by atoms with van der Waals surface area (Å²) in [5.41, 5.74) is 2.30. The van der Waals surface area contributed by atoms with E-state index in [1.807, 2.05) is 13.0 Å². The van der Waals surface area contributed by atoms with E-state index >= 15 is 0 Å². The molecule has 1 heterocycles. The Hall–Kier alpha value is -0.630. The Balaban J connectivity index is 3.08. The molecule has 60 valence electrons. The quantitative estimate of drug-likeness (QED) is 0.594. The lowest BCUT2D eigenvalue weighted by Gasteiger charge is -2.11. The van der Waals surface area contributed by atoms with Gasteiger partial charge in [0, 0.05) is 5.69 Å². The molecule has 0 radical (unpaired) electrons. The van der Waals surface area contributed by atoms with Crippen molar-refractivity contribution in [1.29, 1.82) is 0 Å². The maximum Gasteiger partial charge on any atom is 0.0413 e. The van der Waals surface area contributed by atoms with Gasteiger partial charge in [0.15, 0.2) is 0 Å². The van der Waals surface area contributed by atoms with E-state index in [9.17, 15) is 0 Å². The zero-order chi connectivity index (χ0) is 8.43. The van der Waals surface area contributed by atoms with Crippen LogP contribution in [0.3, 0.4) is 0 Å². The first kappa shape index (κ1) is 8.47. The molecule has 1 aromatic rings. The number of aromatic nitrogens is 1. The lowest BCUT2D eigenvalue weighted by Crippen LogP contribution is -1.94. The summed E-state index contributed by atoms with van der Waals surface area (Å²) in [4.78, 5) is 4.25. The van der Waals surface area contributed by atoms with Crippen molar-refractivity contribution in [3.05, 3.63) is 23.4 Å². The Bertz CT molecular complexity index is 235. The number of aryl methyl sites for hydroxylation is 1. The fourth-order valence-electron chi connectivity index (χ4n) is 0.957. The molecule has 0 saturated carbocycles. The summed E-state index contributed by atoms with van der Waals surface area (Å²) in [6.45, 7) is 6.29. The molecule has 0 aliphatic carbocycles. The molecule has 0 saturated heterocycles. The topological polar surface area (TPSA) is 12.9 Å². The Morgan fingerprint density at radius 3 is 2.45 bits per heavy atom. The molecule has 1 aromatic heterocycles. The first-order valence-electron chi connectivity index (χ1n) is 3.75. The van der Waals surface area contributed by atoms with Gasteiger partial charge in [-0.1, -0.05) is 24.9 Å². The molecule has 0 aliphatic rings. The molecule has 0 spiro atoms. The molecule has 0 aliphatic heterocycles. The SMILES string of the molecule is Cc1cc([S-])nc(C(C)C)c1. The molecule has 0 N–H and O–H groups in total. The van der Waals surface area contributed by atoms with Crippen LogP contribution in [0.25, 0.3) is 0 Å². The number of nitrogens with zero attached hydrogens (tertiary/aromatic N) is 1. The number of pyridine rings is 1. The number of hydrogen-bond donors (Lipinski definition) is 0. The van der Waals surface area contributed by atoms with Crippen molar-refractivity contribution < 1.29 is 0 Å². The minimum Gasteiger partial charge on any atom is -0.760 e. The summed E-state index contributed by atoms with van der Waals surface area (Å²) < 4.78 is 0. The van der Waals surface area contributed by atoms with Gasteiger partial charge in [-0.25, -0.2) is 0 Å². The second kappa shape index (κ2) is 3.18. The highest BCUT2D eigenvalue weighted by Gasteiger charge is 1.98. The summed E-state index contributed by atoms with van der Waals surface area (Å²) in [5.74, 6) is 0.469. The summed E-state index contributed by atoms with van der Waals surface area (Å²) in [7, 11) is 0. The normalized spacial score (nSPS) is 10.5. The smallest absolute Gasteiger partial charge is 0.0413 e. The molecule has 0 unspecified atom stereocenters. The molecule has 2 heteroatoms. The van der Waals surface area contributed by atoms with Crippen LogP contribution in [0, 0.1) is 6.92 Å². The Labute approximate surface area is 73.3 Å². The average molecular weight is 166 g/mol. The average Bonchev–Trinajstić information content (AvgIpc) is 1.85. The molecule has 0 bridgehead atoms. The van der Waals surface area contributed by atoms with Gasteiger partial charge in [-0.05, 0) is 24.5 Å². The van der Waals surface area contributed by atoms with E-state index in [4.69, 9.17) is 12.6 Å². The van der Waals surface area contributed by atoms with Gasteiger partial charge in [0.1, 0.15) is 0 Å². The van der Waals surface area contributed by atoms with Gasteiger partial charge in [0.05, 0.1) is 0 Å². The van der Waals surface area contributed by atoms with Gasteiger partial charge in [0.2, 0.25) is 0 Å². The first-order chi connectivity index (χ1) is 5.09. The second-order valence-electron chi connectivity index (χ2n) is 3.06. The molecular formula is C9H12NS-. The fourth-order valence-corrected chi connectivity index (χ4v) is 1.25. The van der Waals surface area contributed by atoms with E-state index in [1.165, 1.54) is 5.56 Å². The third-order valence-electron chi connectivity index (χ3n) is 1.56. The van der Waals surface area contributed by atoms with E-state index in [2.05, 4.69) is 24.9 Å². The highest BCUT2D eigenvalue weighted by molar-refractivity contribution is 7.58. The van der Waals surface area contributed by atoms with Crippen molar-refractivity contribution in [3.8, 4) is 0 Å². The van der Waals surface area contributed by atoms with Crippen LogP contribution in [-0.4, -0.2) is 4.98 Å². The molecule has 0 fully saturated rings. The zero-order valence-corrected chi connectivity index (χ0v) is 7.90. The molecule has 1 rings (SSSR count). The van der Waals surface area contributed by atoms with Crippen molar-refractivity contribution in [2.45, 2.75) is 31.7 Å². The highest BCUT2D eigenvalue weighted by Crippen LogP contribution is 2.13. The monoisotopic (exact) mass is 166 g/mol. The summed E-state index contributed by atoms with van der Waals surface area (Å²) >= 11 is 5.00. The Morgan fingerprint density at radius 2 is 2.00 bits per heavy atom. The maximum absolute atomic E-state index is 5.00. The molecule has 1 nitrogen and oxygen atoms in total. The van der Waals surface area contributed by atoms with Crippen molar-refractivity contribution in [3.63, 3.8) is 0 Å². The highest BCUT2D eigenvalue weighted by atomic mass is 32.1.